The second-order valence-corrected chi connectivity index (χ2v) is 5.57. The molecule has 2 aromatic rings. The lowest BCUT2D eigenvalue weighted by Crippen LogP contribution is -2.15. The van der Waals surface area contributed by atoms with E-state index in [1.165, 1.54) is 4.68 Å². The van der Waals surface area contributed by atoms with Crippen molar-refractivity contribution in [2.75, 3.05) is 5.32 Å². The maximum Gasteiger partial charge on any atom is 0.312 e. The van der Waals surface area contributed by atoms with Crippen LogP contribution < -0.4 is 5.32 Å². The number of nitro groups is 1. The van der Waals surface area contributed by atoms with Crippen molar-refractivity contribution < 1.29 is 19.6 Å². The molecule has 25 heavy (non-hydrogen) atoms. The van der Waals surface area contributed by atoms with Gasteiger partial charge in [-0.2, -0.15) is 5.10 Å². The number of nitrogens with one attached hydrogen (secondary N) is 1. The Balaban J connectivity index is 1.94. The van der Waals surface area contributed by atoms with Crippen molar-refractivity contribution in [3.05, 3.63) is 51.3 Å². The fourth-order valence-electron chi connectivity index (χ4n) is 2.48. The molecule has 2 rings (SSSR count). The molecule has 0 radical (unpaired) electrons. The molecule has 0 saturated heterocycles. The topological polar surface area (TPSA) is 127 Å². The minimum Gasteiger partial charge on any atom is -0.481 e. The lowest BCUT2D eigenvalue weighted by atomic mass is 10.1. The minimum atomic E-state index is -0.921. The van der Waals surface area contributed by atoms with E-state index in [1.54, 1.807) is 38.1 Å². The first-order valence-corrected chi connectivity index (χ1v) is 7.57. The van der Waals surface area contributed by atoms with Crippen molar-refractivity contribution in [2.45, 2.75) is 33.2 Å². The summed E-state index contributed by atoms with van der Waals surface area (Å²) in [5, 5.41) is 26.5. The lowest BCUT2D eigenvalue weighted by molar-refractivity contribution is -0.386. The average Bonchev–Trinajstić information content (AvgIpc) is 2.81. The van der Waals surface area contributed by atoms with Gasteiger partial charge in [-0.25, -0.2) is 0 Å². The van der Waals surface area contributed by atoms with Crippen molar-refractivity contribution in [1.29, 1.82) is 0 Å². The molecule has 1 heterocycles. The first-order chi connectivity index (χ1) is 11.8. The van der Waals surface area contributed by atoms with Gasteiger partial charge >= 0.3 is 11.7 Å². The SMILES string of the molecule is Cc1nn(CCC(=O)Nc2ccc(CC(=O)O)cc2)c(C)c1[N+](=O)[O-]. The number of benzene rings is 1. The number of carbonyl (C=O) groups excluding carboxylic acids is 1. The van der Waals surface area contributed by atoms with Crippen LogP contribution in [0.2, 0.25) is 0 Å². The summed E-state index contributed by atoms with van der Waals surface area (Å²) in [5.41, 5.74) is 1.89. The third-order valence-electron chi connectivity index (χ3n) is 3.67. The van der Waals surface area contributed by atoms with Crippen LogP contribution in [-0.2, 0) is 22.6 Å². The van der Waals surface area contributed by atoms with Gasteiger partial charge in [0.2, 0.25) is 5.91 Å². The van der Waals surface area contributed by atoms with E-state index in [-0.39, 0.29) is 31.0 Å². The molecule has 0 fully saturated rings. The number of hydrogen-bond acceptors (Lipinski definition) is 5. The standard InChI is InChI=1S/C16H18N4O5/c1-10-16(20(24)25)11(2)19(18-10)8-7-14(21)17-13-5-3-12(4-6-13)9-15(22)23/h3-6H,7-9H2,1-2H3,(H,17,21)(H,22,23). The number of amides is 1. The molecule has 0 aliphatic rings. The second kappa shape index (κ2) is 7.56. The molecule has 1 aromatic carbocycles. The van der Waals surface area contributed by atoms with E-state index in [0.29, 0.717) is 22.6 Å². The molecule has 2 N–H and O–H groups in total. The van der Waals surface area contributed by atoms with Gasteiger partial charge in [0, 0.05) is 12.1 Å². The molecule has 0 atom stereocenters. The van der Waals surface area contributed by atoms with Crippen LogP contribution >= 0.6 is 0 Å². The molecule has 9 nitrogen and oxygen atoms in total. The van der Waals surface area contributed by atoms with Crippen LogP contribution in [0.15, 0.2) is 24.3 Å². The number of aryl methyl sites for hydroxylation is 2. The van der Waals surface area contributed by atoms with Gasteiger partial charge in [-0.15, -0.1) is 0 Å². The Hall–Kier alpha value is -3.23. The molecule has 0 unspecified atom stereocenters. The fourth-order valence-corrected chi connectivity index (χ4v) is 2.48. The van der Waals surface area contributed by atoms with Gasteiger partial charge in [0.1, 0.15) is 11.4 Å². The molecule has 0 spiro atoms. The Morgan fingerprint density at radius 3 is 2.44 bits per heavy atom. The zero-order valence-electron chi connectivity index (χ0n) is 13.9. The zero-order valence-corrected chi connectivity index (χ0v) is 13.9. The van der Waals surface area contributed by atoms with E-state index in [2.05, 4.69) is 10.4 Å². The van der Waals surface area contributed by atoms with Crippen molar-refractivity contribution in [2.24, 2.45) is 0 Å². The molecular weight excluding hydrogens is 328 g/mol. The number of anilines is 1. The van der Waals surface area contributed by atoms with Crippen molar-refractivity contribution in [3.63, 3.8) is 0 Å². The van der Waals surface area contributed by atoms with Gasteiger partial charge in [-0.3, -0.25) is 24.4 Å². The van der Waals surface area contributed by atoms with Crippen LogP contribution in [0.1, 0.15) is 23.4 Å². The summed E-state index contributed by atoms with van der Waals surface area (Å²) >= 11 is 0. The van der Waals surface area contributed by atoms with Crippen molar-refractivity contribution in [3.8, 4) is 0 Å². The summed E-state index contributed by atoms with van der Waals surface area (Å²) < 4.78 is 1.45. The van der Waals surface area contributed by atoms with Gasteiger partial charge in [0.25, 0.3) is 0 Å². The third-order valence-corrected chi connectivity index (χ3v) is 3.67. The maximum atomic E-state index is 12.0. The Bertz CT molecular complexity index is 811. The molecule has 1 amide bonds. The molecule has 9 heteroatoms. The smallest absolute Gasteiger partial charge is 0.312 e. The highest BCUT2D eigenvalue weighted by Gasteiger charge is 2.21. The molecule has 132 valence electrons. The highest BCUT2D eigenvalue weighted by atomic mass is 16.6. The molecule has 0 aliphatic carbocycles. The number of nitrogens with zero attached hydrogens (tertiary/aromatic N) is 3. The molecule has 1 aromatic heterocycles. The van der Waals surface area contributed by atoms with E-state index in [4.69, 9.17) is 5.11 Å². The zero-order chi connectivity index (χ0) is 18.6. The molecule has 0 bridgehead atoms. The Morgan fingerprint density at radius 1 is 1.28 bits per heavy atom. The van der Waals surface area contributed by atoms with E-state index >= 15 is 0 Å². The van der Waals surface area contributed by atoms with E-state index in [9.17, 15) is 19.7 Å². The number of aromatic nitrogens is 2. The van der Waals surface area contributed by atoms with Crippen molar-refractivity contribution in [1.82, 2.24) is 9.78 Å². The Kier molecular flexibility index (Phi) is 5.48. The van der Waals surface area contributed by atoms with E-state index in [1.807, 2.05) is 0 Å². The van der Waals surface area contributed by atoms with Crippen LogP contribution in [0, 0.1) is 24.0 Å². The second-order valence-electron chi connectivity index (χ2n) is 5.57. The van der Waals surface area contributed by atoms with Gasteiger partial charge in [-0.1, -0.05) is 12.1 Å². The average molecular weight is 346 g/mol. The third kappa shape index (κ3) is 4.63. The van der Waals surface area contributed by atoms with Gasteiger partial charge in [0.15, 0.2) is 0 Å². The van der Waals surface area contributed by atoms with Gasteiger partial charge < -0.3 is 10.4 Å². The maximum absolute atomic E-state index is 12.0. The van der Waals surface area contributed by atoms with E-state index < -0.39 is 10.9 Å². The number of rotatable bonds is 7. The summed E-state index contributed by atoms with van der Waals surface area (Å²) in [5.74, 6) is -1.18. The summed E-state index contributed by atoms with van der Waals surface area (Å²) in [6.45, 7) is 3.38. The largest absolute Gasteiger partial charge is 0.481 e. The van der Waals surface area contributed by atoms with Crippen molar-refractivity contribution >= 4 is 23.3 Å². The summed E-state index contributed by atoms with van der Waals surface area (Å²) in [6.07, 6.45) is 0.0287. The summed E-state index contributed by atoms with van der Waals surface area (Å²) in [4.78, 5) is 33.1. The number of aliphatic carboxylic acids is 1. The van der Waals surface area contributed by atoms with Crippen LogP contribution in [0.25, 0.3) is 0 Å². The number of carboxylic acid groups (broad SMARTS) is 1. The predicted molar refractivity (Wildman–Crippen MR) is 89.4 cm³/mol. The number of carboxylic acids is 1. The Labute approximate surface area is 143 Å². The molecule has 0 saturated carbocycles. The van der Waals surface area contributed by atoms with Gasteiger partial charge in [0.05, 0.1) is 17.9 Å². The van der Waals surface area contributed by atoms with Gasteiger partial charge in [-0.05, 0) is 31.5 Å². The molecular formula is C16H18N4O5. The highest BCUT2D eigenvalue weighted by molar-refractivity contribution is 5.90. The van der Waals surface area contributed by atoms with E-state index in [0.717, 1.165) is 0 Å². The number of hydrogen-bond donors (Lipinski definition) is 2. The highest BCUT2D eigenvalue weighted by Crippen LogP contribution is 2.22. The normalized spacial score (nSPS) is 10.5. The predicted octanol–water partition coefficient (Wildman–Crippen LogP) is 2.06. The summed E-state index contributed by atoms with van der Waals surface area (Å²) in [6, 6.07) is 6.52. The Morgan fingerprint density at radius 2 is 1.92 bits per heavy atom. The minimum absolute atomic E-state index is 0.0329. The summed E-state index contributed by atoms with van der Waals surface area (Å²) in [7, 11) is 0. The van der Waals surface area contributed by atoms with Crippen LogP contribution in [0.4, 0.5) is 11.4 Å². The lowest BCUT2D eigenvalue weighted by Gasteiger charge is -2.07. The number of carbonyl (C=O) groups is 2. The monoisotopic (exact) mass is 346 g/mol. The van der Waals surface area contributed by atoms with Crippen LogP contribution in [-0.4, -0.2) is 31.7 Å². The first-order valence-electron chi connectivity index (χ1n) is 7.57. The van der Waals surface area contributed by atoms with Crippen LogP contribution in [0.5, 0.6) is 0 Å². The quantitative estimate of drug-likeness (QED) is 0.583. The fraction of sp³-hybridized carbons (Fsp3) is 0.312. The molecule has 0 aliphatic heterocycles. The first kappa shape index (κ1) is 18.1. The van der Waals surface area contributed by atoms with Crippen LogP contribution in [0.3, 0.4) is 0 Å².